The number of hydrogen-bond acceptors (Lipinski definition) is 5. The molecule has 150 valence electrons. The van der Waals surface area contributed by atoms with Crippen molar-refractivity contribution in [2.75, 3.05) is 26.8 Å². The molecule has 0 saturated carbocycles. The lowest BCUT2D eigenvalue weighted by Crippen LogP contribution is -2.48. The smallest absolute Gasteiger partial charge is 0.242 e. The van der Waals surface area contributed by atoms with Gasteiger partial charge in [0, 0.05) is 19.7 Å². The lowest BCUT2D eigenvalue weighted by molar-refractivity contribution is -0.135. The fourth-order valence-electron chi connectivity index (χ4n) is 2.98. The number of nitrogens with two attached hydrogens (primary N) is 1. The van der Waals surface area contributed by atoms with E-state index in [4.69, 9.17) is 15.2 Å². The lowest BCUT2D eigenvalue weighted by atomic mass is 10.1. The molecule has 27 heavy (non-hydrogen) atoms. The Morgan fingerprint density at radius 1 is 1.41 bits per heavy atom. The molecule has 0 spiro atoms. The Kier molecular flexibility index (Phi) is 8.06. The number of amides is 2. The average molecular weight is 377 g/mol. The fraction of sp³-hybridized carbons (Fsp3) is 0.600. The number of methoxy groups -OCH3 is 1. The van der Waals surface area contributed by atoms with Crippen LogP contribution in [0.1, 0.15) is 32.3 Å². The van der Waals surface area contributed by atoms with Crippen LogP contribution in [-0.2, 0) is 20.9 Å². The number of carbonyl (C=O) groups excluding carboxylic acids is 2. The quantitative estimate of drug-likeness (QED) is 0.677. The molecule has 7 nitrogen and oxygen atoms in total. The number of carbonyl (C=O) groups is 2. The van der Waals surface area contributed by atoms with Crippen molar-refractivity contribution < 1.29 is 19.1 Å². The molecule has 2 rings (SSSR count). The molecule has 1 fully saturated rings. The van der Waals surface area contributed by atoms with Crippen molar-refractivity contribution in [3.8, 4) is 5.75 Å². The van der Waals surface area contributed by atoms with Crippen molar-refractivity contribution in [2.24, 2.45) is 11.7 Å². The third-order valence-corrected chi connectivity index (χ3v) is 4.74. The van der Waals surface area contributed by atoms with E-state index in [0.29, 0.717) is 13.1 Å². The van der Waals surface area contributed by atoms with E-state index < -0.39 is 6.04 Å². The van der Waals surface area contributed by atoms with Crippen molar-refractivity contribution >= 4 is 11.8 Å². The molecule has 1 aromatic carbocycles. The maximum atomic E-state index is 12.8. The van der Waals surface area contributed by atoms with Crippen LogP contribution < -0.4 is 15.8 Å². The number of benzene rings is 1. The Morgan fingerprint density at radius 3 is 2.81 bits per heavy atom. The predicted molar refractivity (Wildman–Crippen MR) is 103 cm³/mol. The van der Waals surface area contributed by atoms with Crippen LogP contribution in [0, 0.1) is 5.92 Å². The Hall–Kier alpha value is -2.12. The van der Waals surface area contributed by atoms with E-state index in [9.17, 15) is 9.59 Å². The topological polar surface area (TPSA) is 93.9 Å². The van der Waals surface area contributed by atoms with Crippen LogP contribution in [0.4, 0.5) is 0 Å². The summed E-state index contributed by atoms with van der Waals surface area (Å²) in [6.07, 6.45) is 1.98. The molecule has 1 saturated heterocycles. The van der Waals surface area contributed by atoms with E-state index in [1.807, 2.05) is 38.1 Å². The van der Waals surface area contributed by atoms with Gasteiger partial charge in [0.1, 0.15) is 5.75 Å². The molecular formula is C20H31N3O4. The molecule has 7 heteroatoms. The van der Waals surface area contributed by atoms with Crippen LogP contribution in [0.25, 0.3) is 0 Å². The highest BCUT2D eigenvalue weighted by molar-refractivity contribution is 5.87. The van der Waals surface area contributed by atoms with Crippen molar-refractivity contribution in [2.45, 2.75) is 45.4 Å². The summed E-state index contributed by atoms with van der Waals surface area (Å²) >= 11 is 0. The molecule has 0 radical (unpaired) electrons. The molecule has 3 N–H and O–H groups in total. The Morgan fingerprint density at radius 2 is 2.19 bits per heavy atom. The summed E-state index contributed by atoms with van der Waals surface area (Å²) in [5.74, 6) is 0.294. The van der Waals surface area contributed by atoms with Gasteiger partial charge in [-0.1, -0.05) is 26.0 Å². The maximum Gasteiger partial charge on any atom is 0.242 e. The number of nitrogens with one attached hydrogen (secondary N) is 1. The minimum absolute atomic E-state index is 0.0138. The van der Waals surface area contributed by atoms with Crippen LogP contribution in [0.3, 0.4) is 0 Å². The second-order valence-electron chi connectivity index (χ2n) is 7.25. The van der Waals surface area contributed by atoms with Gasteiger partial charge in [0.15, 0.2) is 0 Å². The minimum atomic E-state index is -0.622. The molecule has 1 heterocycles. The van der Waals surface area contributed by atoms with E-state index in [2.05, 4.69) is 5.32 Å². The van der Waals surface area contributed by atoms with Gasteiger partial charge in [-0.3, -0.25) is 9.59 Å². The predicted octanol–water partition coefficient (Wildman–Crippen LogP) is 1.30. The monoisotopic (exact) mass is 377 g/mol. The van der Waals surface area contributed by atoms with E-state index in [1.54, 1.807) is 12.0 Å². The first kappa shape index (κ1) is 21.2. The molecule has 1 aliphatic heterocycles. The van der Waals surface area contributed by atoms with Crippen LogP contribution in [-0.4, -0.2) is 55.7 Å². The summed E-state index contributed by atoms with van der Waals surface area (Å²) in [5.41, 5.74) is 6.80. The zero-order valence-corrected chi connectivity index (χ0v) is 16.4. The van der Waals surface area contributed by atoms with Crippen LogP contribution in [0.2, 0.25) is 0 Å². The van der Waals surface area contributed by atoms with Crippen molar-refractivity contribution in [1.29, 1.82) is 0 Å². The first-order chi connectivity index (χ1) is 12.9. The van der Waals surface area contributed by atoms with E-state index >= 15 is 0 Å². The van der Waals surface area contributed by atoms with Gasteiger partial charge in [-0.2, -0.15) is 0 Å². The first-order valence-electron chi connectivity index (χ1n) is 9.46. The lowest BCUT2D eigenvalue weighted by Gasteiger charge is -2.26. The van der Waals surface area contributed by atoms with Crippen molar-refractivity contribution in [3.63, 3.8) is 0 Å². The third kappa shape index (κ3) is 6.52. The maximum absolute atomic E-state index is 12.8. The summed E-state index contributed by atoms with van der Waals surface area (Å²) in [6, 6.07) is 6.99. The molecular weight excluding hydrogens is 346 g/mol. The SMILES string of the molecule is COc1cccc(CN(CC2CCCO2)C(=O)CNC(=O)[C@@H](N)C(C)C)c1. The number of hydrogen-bond donors (Lipinski definition) is 2. The van der Waals surface area contributed by atoms with Gasteiger partial charge < -0.3 is 25.4 Å². The van der Waals surface area contributed by atoms with Gasteiger partial charge in [-0.15, -0.1) is 0 Å². The van der Waals surface area contributed by atoms with Gasteiger partial charge in [-0.05, 0) is 36.5 Å². The van der Waals surface area contributed by atoms with Crippen LogP contribution in [0.5, 0.6) is 5.75 Å². The largest absolute Gasteiger partial charge is 0.497 e. The molecule has 2 atom stereocenters. The molecule has 0 aromatic heterocycles. The van der Waals surface area contributed by atoms with E-state index in [1.165, 1.54) is 0 Å². The van der Waals surface area contributed by atoms with Crippen LogP contribution >= 0.6 is 0 Å². The van der Waals surface area contributed by atoms with Gasteiger partial charge >= 0.3 is 0 Å². The second-order valence-corrected chi connectivity index (χ2v) is 7.25. The van der Waals surface area contributed by atoms with Gasteiger partial charge in [-0.25, -0.2) is 0 Å². The van der Waals surface area contributed by atoms with Gasteiger partial charge in [0.05, 0.1) is 25.8 Å². The normalized spacial score (nSPS) is 17.6. The zero-order chi connectivity index (χ0) is 19.8. The number of nitrogens with zero attached hydrogens (tertiary/aromatic N) is 1. The molecule has 2 amide bonds. The highest BCUT2D eigenvalue weighted by Gasteiger charge is 2.24. The summed E-state index contributed by atoms with van der Waals surface area (Å²) in [7, 11) is 1.61. The second kappa shape index (κ2) is 10.3. The number of ether oxygens (including phenoxy) is 2. The van der Waals surface area contributed by atoms with Crippen molar-refractivity contribution in [3.05, 3.63) is 29.8 Å². The average Bonchev–Trinajstić information content (AvgIpc) is 3.17. The summed E-state index contributed by atoms with van der Waals surface area (Å²) in [6.45, 7) is 5.34. The third-order valence-electron chi connectivity index (χ3n) is 4.74. The van der Waals surface area contributed by atoms with Crippen molar-refractivity contribution in [1.82, 2.24) is 10.2 Å². The van der Waals surface area contributed by atoms with Gasteiger partial charge in [0.25, 0.3) is 0 Å². The van der Waals surface area contributed by atoms with E-state index in [-0.39, 0.29) is 30.4 Å². The molecule has 0 bridgehead atoms. The summed E-state index contributed by atoms with van der Waals surface area (Å²) < 4.78 is 10.9. The molecule has 1 aliphatic rings. The molecule has 1 unspecified atom stereocenters. The zero-order valence-electron chi connectivity index (χ0n) is 16.4. The Balaban J connectivity index is 2.01. The van der Waals surface area contributed by atoms with E-state index in [0.717, 1.165) is 30.8 Å². The Labute approximate surface area is 161 Å². The highest BCUT2D eigenvalue weighted by Crippen LogP contribution is 2.18. The summed E-state index contributed by atoms with van der Waals surface area (Å²) in [5, 5.41) is 2.66. The summed E-state index contributed by atoms with van der Waals surface area (Å²) in [4.78, 5) is 26.5. The molecule has 1 aromatic rings. The van der Waals surface area contributed by atoms with Crippen LogP contribution in [0.15, 0.2) is 24.3 Å². The Bertz CT molecular complexity index is 629. The number of rotatable bonds is 9. The standard InChI is InChI=1S/C20H31N3O4/c1-14(2)19(21)20(25)22-11-18(24)23(13-17-8-5-9-27-17)12-15-6-4-7-16(10-15)26-3/h4,6-7,10,14,17,19H,5,8-9,11-13,21H2,1-3H3,(H,22,25)/t17?,19-/m0/s1. The fourth-order valence-corrected chi connectivity index (χ4v) is 2.98. The van der Waals surface area contributed by atoms with Gasteiger partial charge in [0.2, 0.25) is 11.8 Å². The minimum Gasteiger partial charge on any atom is -0.497 e. The first-order valence-corrected chi connectivity index (χ1v) is 9.46. The molecule has 0 aliphatic carbocycles. The highest BCUT2D eigenvalue weighted by atomic mass is 16.5.